The maximum Gasteiger partial charge on any atom is 0.400 e. The Kier molecular flexibility index (Phi) is 2.58. The van der Waals surface area contributed by atoms with E-state index in [9.17, 15) is 8.78 Å². The maximum absolute atomic E-state index is 12.3. The van der Waals surface area contributed by atoms with Gasteiger partial charge in [0.2, 0.25) is 0 Å². The van der Waals surface area contributed by atoms with Gasteiger partial charge in [-0.2, -0.15) is 13.8 Å². The Morgan fingerprint density at radius 1 is 1.67 bits per heavy atom. The van der Waals surface area contributed by atoms with Crippen LogP contribution in [0.1, 0.15) is 11.7 Å². The van der Waals surface area contributed by atoms with Crippen LogP contribution in [-0.4, -0.2) is 17.2 Å². The summed E-state index contributed by atoms with van der Waals surface area (Å²) in [6.07, 6.45) is 0. The molecule has 0 aromatic carbocycles. The number of nitrogens with zero attached hydrogens (tertiary/aromatic N) is 2. The van der Waals surface area contributed by atoms with Gasteiger partial charge in [-0.1, -0.05) is 5.16 Å². The van der Waals surface area contributed by atoms with Gasteiger partial charge < -0.3 is 9.84 Å². The van der Waals surface area contributed by atoms with Gasteiger partial charge in [-0.3, -0.25) is 0 Å². The molecule has 0 fully saturated rings. The summed E-state index contributed by atoms with van der Waals surface area (Å²) < 4.78 is 28.7. The molecule has 0 radical (unpaired) electrons. The first kappa shape index (κ1) is 9.34. The zero-order valence-electron chi connectivity index (χ0n) is 6.14. The molecule has 4 nitrogen and oxygen atoms in total. The van der Waals surface area contributed by atoms with Gasteiger partial charge in [0.05, 0.1) is 6.54 Å². The fourth-order valence-corrected chi connectivity index (χ4v) is 0.676. The second-order valence-electron chi connectivity index (χ2n) is 2.04. The normalized spacial score (nSPS) is 12.0. The van der Waals surface area contributed by atoms with Crippen LogP contribution in [0.25, 0.3) is 0 Å². The summed E-state index contributed by atoms with van der Waals surface area (Å²) in [5.74, 6) is -0.734. The van der Waals surface area contributed by atoms with Crippen molar-refractivity contribution in [3.8, 4) is 0 Å². The lowest BCUT2D eigenvalue weighted by Crippen LogP contribution is -2.08. The molecule has 0 unspecified atom stereocenters. The number of alkyl halides is 3. The molecular weight excluding hydrogens is 192 g/mol. The summed E-state index contributed by atoms with van der Waals surface area (Å²) in [6, 6.07) is 0. The standard InChI is InChI=1S/C5H6ClF2N3O/c1-9-2-3-10-4(12-11-3)5(6,7)8/h9H,2H2,1H3. The van der Waals surface area contributed by atoms with Gasteiger partial charge in [0.15, 0.2) is 5.82 Å². The number of hydrogen-bond acceptors (Lipinski definition) is 4. The van der Waals surface area contributed by atoms with Crippen LogP contribution in [-0.2, 0) is 11.9 Å². The van der Waals surface area contributed by atoms with E-state index < -0.39 is 11.3 Å². The van der Waals surface area contributed by atoms with E-state index in [0.717, 1.165) is 0 Å². The predicted octanol–water partition coefficient (Wildman–Crippen LogP) is 1.08. The molecule has 0 atom stereocenters. The Bertz CT molecular complexity index is 259. The van der Waals surface area contributed by atoms with Crippen LogP contribution in [0.3, 0.4) is 0 Å². The Labute approximate surface area is 71.9 Å². The van der Waals surface area contributed by atoms with Gasteiger partial charge in [-0.15, -0.1) is 0 Å². The van der Waals surface area contributed by atoms with Crippen molar-refractivity contribution in [2.75, 3.05) is 7.05 Å². The summed E-state index contributed by atoms with van der Waals surface area (Å²) in [4.78, 5) is 3.35. The minimum Gasteiger partial charge on any atom is -0.331 e. The highest BCUT2D eigenvalue weighted by Gasteiger charge is 2.35. The van der Waals surface area contributed by atoms with Crippen molar-refractivity contribution in [2.45, 2.75) is 11.9 Å². The van der Waals surface area contributed by atoms with Gasteiger partial charge in [-0.05, 0) is 18.6 Å². The van der Waals surface area contributed by atoms with Crippen LogP contribution < -0.4 is 5.32 Å². The third-order valence-electron chi connectivity index (χ3n) is 1.05. The largest absolute Gasteiger partial charge is 0.400 e. The smallest absolute Gasteiger partial charge is 0.331 e. The van der Waals surface area contributed by atoms with Crippen molar-refractivity contribution in [3.05, 3.63) is 11.7 Å². The Morgan fingerprint density at radius 2 is 2.33 bits per heavy atom. The quantitative estimate of drug-likeness (QED) is 0.737. The summed E-state index contributed by atoms with van der Waals surface area (Å²) in [7, 11) is 1.63. The highest BCUT2D eigenvalue weighted by molar-refractivity contribution is 6.21. The predicted molar refractivity (Wildman–Crippen MR) is 36.8 cm³/mol. The average molecular weight is 198 g/mol. The van der Waals surface area contributed by atoms with Crippen LogP contribution in [0.15, 0.2) is 4.52 Å². The van der Waals surface area contributed by atoms with Crippen LogP contribution >= 0.6 is 11.6 Å². The molecule has 1 heterocycles. The van der Waals surface area contributed by atoms with E-state index in [2.05, 4.69) is 31.6 Å². The fourth-order valence-electron chi connectivity index (χ4n) is 0.599. The number of rotatable bonds is 3. The van der Waals surface area contributed by atoms with E-state index in [-0.39, 0.29) is 12.4 Å². The highest BCUT2D eigenvalue weighted by atomic mass is 35.5. The molecular formula is C5H6ClF2N3O. The zero-order chi connectivity index (χ0) is 9.19. The first-order chi connectivity index (χ1) is 5.54. The lowest BCUT2D eigenvalue weighted by molar-refractivity contribution is 0.0550. The zero-order valence-corrected chi connectivity index (χ0v) is 6.90. The van der Waals surface area contributed by atoms with E-state index in [4.69, 9.17) is 0 Å². The monoisotopic (exact) mass is 197 g/mol. The molecule has 12 heavy (non-hydrogen) atoms. The third kappa shape index (κ3) is 2.12. The second kappa shape index (κ2) is 3.32. The number of nitrogens with one attached hydrogen (secondary N) is 1. The molecule has 68 valence electrons. The molecule has 0 aliphatic rings. The summed E-state index contributed by atoms with van der Waals surface area (Å²) in [5.41, 5.74) is 0. The number of hydrogen-bond donors (Lipinski definition) is 1. The number of halogens is 3. The third-order valence-corrected chi connectivity index (χ3v) is 1.21. The van der Waals surface area contributed by atoms with Gasteiger partial charge in [-0.25, -0.2) is 0 Å². The average Bonchev–Trinajstić information content (AvgIpc) is 2.35. The summed E-state index contributed by atoms with van der Waals surface area (Å²) in [5, 5.41) is 2.35. The molecule has 1 aromatic heterocycles. The van der Waals surface area contributed by atoms with E-state index in [1.165, 1.54) is 0 Å². The molecule has 1 rings (SSSR count). The van der Waals surface area contributed by atoms with Crippen molar-refractivity contribution < 1.29 is 13.3 Å². The minimum atomic E-state index is -3.58. The van der Waals surface area contributed by atoms with Crippen molar-refractivity contribution >= 4 is 11.6 Å². The molecule has 0 aliphatic heterocycles. The molecule has 7 heteroatoms. The van der Waals surface area contributed by atoms with Crippen molar-refractivity contribution in [3.63, 3.8) is 0 Å². The first-order valence-electron chi connectivity index (χ1n) is 3.08. The molecule has 0 amide bonds. The fraction of sp³-hybridized carbons (Fsp3) is 0.600. The molecule has 0 bridgehead atoms. The lowest BCUT2D eigenvalue weighted by atomic mass is 10.6. The molecule has 0 saturated heterocycles. The van der Waals surface area contributed by atoms with Gasteiger partial charge >= 0.3 is 11.3 Å². The van der Waals surface area contributed by atoms with Gasteiger partial charge in [0.25, 0.3) is 0 Å². The van der Waals surface area contributed by atoms with Crippen molar-refractivity contribution in [1.29, 1.82) is 0 Å². The Hall–Kier alpha value is -0.750. The number of aromatic nitrogens is 2. The first-order valence-corrected chi connectivity index (χ1v) is 3.46. The highest BCUT2D eigenvalue weighted by Crippen LogP contribution is 2.30. The summed E-state index contributed by atoms with van der Waals surface area (Å²) in [6.45, 7) is 0.260. The Balaban J connectivity index is 2.77. The van der Waals surface area contributed by atoms with Crippen LogP contribution in [0.5, 0.6) is 0 Å². The van der Waals surface area contributed by atoms with E-state index in [1.54, 1.807) is 7.05 Å². The summed E-state index contributed by atoms with van der Waals surface area (Å²) >= 11 is 4.62. The van der Waals surface area contributed by atoms with E-state index in [0.29, 0.717) is 0 Å². The van der Waals surface area contributed by atoms with Crippen LogP contribution in [0.4, 0.5) is 8.78 Å². The van der Waals surface area contributed by atoms with Gasteiger partial charge in [0.1, 0.15) is 0 Å². The van der Waals surface area contributed by atoms with Crippen LogP contribution in [0.2, 0.25) is 0 Å². The SMILES string of the molecule is CNCc1noc(C(F)(F)Cl)n1. The van der Waals surface area contributed by atoms with Gasteiger partial charge in [0, 0.05) is 0 Å². The molecule has 0 spiro atoms. The van der Waals surface area contributed by atoms with Crippen molar-refractivity contribution in [2.24, 2.45) is 0 Å². The molecule has 0 saturated carbocycles. The van der Waals surface area contributed by atoms with E-state index in [1.807, 2.05) is 0 Å². The van der Waals surface area contributed by atoms with Crippen molar-refractivity contribution in [1.82, 2.24) is 15.5 Å². The Morgan fingerprint density at radius 3 is 2.75 bits per heavy atom. The van der Waals surface area contributed by atoms with Crippen LogP contribution in [0, 0.1) is 0 Å². The lowest BCUT2D eigenvalue weighted by Gasteiger charge is -1.97. The molecule has 1 N–H and O–H groups in total. The topological polar surface area (TPSA) is 51.0 Å². The maximum atomic E-state index is 12.3. The van der Waals surface area contributed by atoms with E-state index >= 15 is 0 Å². The molecule has 0 aliphatic carbocycles. The minimum absolute atomic E-state index is 0.146. The molecule has 1 aromatic rings. The second-order valence-corrected chi connectivity index (χ2v) is 2.52.